The molecule has 1 aliphatic carbocycles. The molecule has 66 heavy (non-hydrogen) atoms. The van der Waals surface area contributed by atoms with Gasteiger partial charge >= 0.3 is 14.2 Å². The fraction of sp³-hybridized carbons (Fsp3) is 0.500. The first-order valence-corrected chi connectivity index (χ1v) is 26.0. The number of allylic oxidation sites excluding steroid dienone is 4. The van der Waals surface area contributed by atoms with Crippen LogP contribution < -0.4 is 29.9 Å². The van der Waals surface area contributed by atoms with Crippen LogP contribution in [0, 0.1) is 0 Å². The number of phenolic OH excluding ortho intramolecular Hbond substituents is 2. The highest BCUT2D eigenvalue weighted by molar-refractivity contribution is 9.11. The maximum absolute atomic E-state index is 10.3. The van der Waals surface area contributed by atoms with Crippen LogP contribution in [-0.2, 0) is 9.59 Å². The standard InChI is InChI=1S/C18H32B2O6.C18H28Br2O2.C6H4Br2O2.C6H4O2/c1-3-5-7-9-11-25-17-13-16(20(23)24)18(14-15(17)19(21)22)26-12-10-8-6-4-2;1-3-5-7-9-11-21-17-13-16(20)18(14-15(17)19)22-12-10-8-6-4-2;7-3-1-5(9)4(8)2-6(3)10;7-5-1-2-6(8)4-3-5/h13-14,21-24H,3-12H2,1-2H3;13-14H,3-12H2,1-2H3;1-2,9-10H;1-4H. The van der Waals surface area contributed by atoms with Gasteiger partial charge in [0.2, 0.25) is 0 Å². The third kappa shape index (κ3) is 26.6. The summed E-state index contributed by atoms with van der Waals surface area (Å²) in [5.41, 5.74) is 0.321. The van der Waals surface area contributed by atoms with Crippen molar-refractivity contribution in [2.75, 3.05) is 26.4 Å². The lowest BCUT2D eigenvalue weighted by Gasteiger charge is -2.17. The number of benzene rings is 3. The summed E-state index contributed by atoms with van der Waals surface area (Å²) in [6.45, 7) is 11.1. The Morgan fingerprint density at radius 1 is 0.394 bits per heavy atom. The fourth-order valence-electron chi connectivity index (χ4n) is 5.79. The number of carbonyl (C=O) groups is 2. The number of phenols is 2. The van der Waals surface area contributed by atoms with Crippen LogP contribution in [0.3, 0.4) is 0 Å². The summed E-state index contributed by atoms with van der Waals surface area (Å²) >= 11 is 13.2. The maximum atomic E-state index is 10.3. The molecule has 0 heterocycles. The number of ether oxygens (including phenoxy) is 4. The van der Waals surface area contributed by atoms with Crippen LogP contribution in [0.15, 0.2) is 78.6 Å². The van der Waals surface area contributed by atoms with Crippen molar-refractivity contribution in [1.29, 1.82) is 0 Å². The van der Waals surface area contributed by atoms with Gasteiger partial charge in [0.15, 0.2) is 11.6 Å². The van der Waals surface area contributed by atoms with Gasteiger partial charge in [0.25, 0.3) is 0 Å². The second-order valence-electron chi connectivity index (χ2n) is 15.3. The zero-order chi connectivity index (χ0) is 49.3. The van der Waals surface area contributed by atoms with Crippen molar-refractivity contribution in [3.63, 3.8) is 0 Å². The molecule has 0 radical (unpaired) electrons. The van der Waals surface area contributed by atoms with Crippen LogP contribution in [0.25, 0.3) is 0 Å². The summed E-state index contributed by atoms with van der Waals surface area (Å²) in [6, 6.07) is 9.65. The van der Waals surface area contributed by atoms with E-state index in [2.05, 4.69) is 91.4 Å². The Kier molecular flexibility index (Phi) is 34.4. The highest BCUT2D eigenvalue weighted by Gasteiger charge is 2.26. The van der Waals surface area contributed by atoms with Crippen molar-refractivity contribution in [2.45, 2.75) is 130 Å². The molecule has 6 N–H and O–H groups in total. The molecule has 0 fully saturated rings. The zero-order valence-corrected chi connectivity index (χ0v) is 45.1. The molecule has 0 aliphatic heterocycles. The first kappa shape index (κ1) is 61.2. The van der Waals surface area contributed by atoms with Crippen molar-refractivity contribution in [1.82, 2.24) is 0 Å². The highest BCUT2D eigenvalue weighted by atomic mass is 79.9. The van der Waals surface area contributed by atoms with Gasteiger partial charge in [-0.05, 0) is 150 Å². The van der Waals surface area contributed by atoms with Gasteiger partial charge in [0.05, 0.1) is 44.3 Å². The minimum atomic E-state index is -1.73. The summed E-state index contributed by atoms with van der Waals surface area (Å²) in [5.74, 6) is 2.18. The minimum absolute atomic E-state index is 0.102. The van der Waals surface area contributed by atoms with E-state index in [1.165, 1.54) is 87.1 Å². The van der Waals surface area contributed by atoms with Gasteiger partial charge in [-0.2, -0.15) is 0 Å². The van der Waals surface area contributed by atoms with E-state index in [1.54, 1.807) is 0 Å². The van der Waals surface area contributed by atoms with Crippen LogP contribution in [0.1, 0.15) is 130 Å². The monoisotopic (exact) mass is 1170 g/mol. The zero-order valence-electron chi connectivity index (χ0n) is 38.7. The number of unbranched alkanes of at least 4 members (excludes halogenated alkanes) is 12. The quantitative estimate of drug-likeness (QED) is 0.0193. The third-order valence-electron chi connectivity index (χ3n) is 9.55. The maximum Gasteiger partial charge on any atom is 0.492 e. The summed E-state index contributed by atoms with van der Waals surface area (Å²) < 4.78 is 25.9. The predicted octanol–water partition coefficient (Wildman–Crippen LogP) is 11.0. The Bertz CT molecular complexity index is 1740. The molecule has 0 unspecified atom stereocenters. The second-order valence-corrected chi connectivity index (χ2v) is 18.7. The van der Waals surface area contributed by atoms with Crippen LogP contribution in [0.5, 0.6) is 34.5 Å². The Labute approximate surface area is 426 Å². The van der Waals surface area contributed by atoms with E-state index in [0.717, 1.165) is 97.9 Å². The van der Waals surface area contributed by atoms with E-state index in [1.807, 2.05) is 12.1 Å². The first-order chi connectivity index (χ1) is 31.6. The molecule has 3 aromatic carbocycles. The Hall–Kier alpha value is -2.83. The van der Waals surface area contributed by atoms with Crippen molar-refractivity contribution in [3.05, 3.63) is 78.6 Å². The van der Waals surface area contributed by atoms with Gasteiger partial charge in [0, 0.05) is 10.9 Å². The lowest BCUT2D eigenvalue weighted by Crippen LogP contribution is -2.38. The van der Waals surface area contributed by atoms with Crippen LogP contribution >= 0.6 is 63.7 Å². The largest absolute Gasteiger partial charge is 0.507 e. The molecular formula is C48H68B2Br4O12. The molecule has 0 aromatic heterocycles. The summed E-state index contributed by atoms with van der Waals surface area (Å²) in [4.78, 5) is 20.6. The van der Waals surface area contributed by atoms with E-state index in [0.29, 0.717) is 22.2 Å². The lowest BCUT2D eigenvalue weighted by atomic mass is 9.73. The van der Waals surface area contributed by atoms with E-state index in [9.17, 15) is 29.7 Å². The van der Waals surface area contributed by atoms with Gasteiger partial charge in [-0.15, -0.1) is 0 Å². The van der Waals surface area contributed by atoms with Gasteiger partial charge in [0.1, 0.15) is 34.5 Å². The molecule has 4 rings (SSSR count). The van der Waals surface area contributed by atoms with Gasteiger partial charge in [-0.1, -0.05) is 105 Å². The molecule has 3 aromatic rings. The number of hydrogen-bond acceptors (Lipinski definition) is 12. The van der Waals surface area contributed by atoms with Crippen LogP contribution in [0.2, 0.25) is 0 Å². The number of ketones is 2. The number of rotatable bonds is 26. The molecule has 0 bridgehead atoms. The van der Waals surface area contributed by atoms with Gasteiger partial charge < -0.3 is 49.3 Å². The van der Waals surface area contributed by atoms with E-state index < -0.39 is 14.2 Å². The highest BCUT2D eigenvalue weighted by Crippen LogP contribution is 2.37. The number of halogens is 4. The summed E-state index contributed by atoms with van der Waals surface area (Å²) in [7, 11) is -3.46. The average Bonchev–Trinajstić information content (AvgIpc) is 3.28. The first-order valence-electron chi connectivity index (χ1n) is 22.8. The van der Waals surface area contributed by atoms with Crippen molar-refractivity contribution in [3.8, 4) is 34.5 Å². The molecule has 18 heteroatoms. The second kappa shape index (κ2) is 37.1. The van der Waals surface area contributed by atoms with Crippen LogP contribution in [0.4, 0.5) is 0 Å². The van der Waals surface area contributed by atoms with Gasteiger partial charge in [-0.25, -0.2) is 0 Å². The van der Waals surface area contributed by atoms with Crippen molar-refractivity contribution < 1.29 is 58.8 Å². The lowest BCUT2D eigenvalue weighted by molar-refractivity contribution is -0.113. The predicted molar refractivity (Wildman–Crippen MR) is 280 cm³/mol. The normalized spacial score (nSPS) is 11.4. The van der Waals surface area contributed by atoms with Crippen molar-refractivity contribution >= 4 is 100 Å². The fourth-order valence-corrected chi connectivity index (χ4v) is 7.32. The molecule has 0 amide bonds. The molecule has 0 saturated carbocycles. The Morgan fingerprint density at radius 2 is 0.667 bits per heavy atom. The SMILES string of the molecule is CCCCCCOc1cc(B(O)O)c(OCCCCCC)cc1B(O)O.CCCCCCOc1cc(Br)c(OCCCCCC)cc1Br.O=C1C=CC(=O)C=C1.Oc1cc(Br)c(O)cc1Br. The van der Waals surface area contributed by atoms with Crippen molar-refractivity contribution in [2.24, 2.45) is 0 Å². The molecule has 366 valence electrons. The molecule has 12 nitrogen and oxygen atoms in total. The third-order valence-corrected chi connectivity index (χ3v) is 12.1. The molecule has 0 spiro atoms. The van der Waals surface area contributed by atoms with E-state index in [4.69, 9.17) is 29.2 Å². The molecular weight excluding hydrogens is 1110 g/mol. The molecule has 0 saturated heterocycles. The van der Waals surface area contributed by atoms with Crippen LogP contribution in [-0.4, -0.2) is 82.5 Å². The smallest absolute Gasteiger partial charge is 0.492 e. The average molecular weight is 1180 g/mol. The number of aromatic hydroxyl groups is 2. The minimum Gasteiger partial charge on any atom is -0.507 e. The molecule has 0 atom stereocenters. The Morgan fingerprint density at radius 3 is 0.924 bits per heavy atom. The molecule has 1 aliphatic rings. The topological polar surface area (TPSA) is 192 Å². The Balaban J connectivity index is 0.000000484. The van der Waals surface area contributed by atoms with E-state index >= 15 is 0 Å². The van der Waals surface area contributed by atoms with Gasteiger partial charge in [-0.3, -0.25) is 9.59 Å². The summed E-state index contributed by atoms with van der Waals surface area (Å²) in [5, 5.41) is 56.6. The number of carbonyl (C=O) groups excluding carboxylic acids is 2. The summed E-state index contributed by atoms with van der Waals surface area (Å²) in [6.07, 6.45) is 23.0. The van der Waals surface area contributed by atoms with E-state index in [-0.39, 0.29) is 45.5 Å². The number of hydrogen-bond donors (Lipinski definition) is 6.